The summed E-state index contributed by atoms with van der Waals surface area (Å²) in [5.74, 6) is -0.714. The van der Waals surface area contributed by atoms with E-state index in [-0.39, 0.29) is 30.7 Å². The van der Waals surface area contributed by atoms with Gasteiger partial charge < -0.3 is 14.7 Å². The molecule has 6 nitrogen and oxygen atoms in total. The van der Waals surface area contributed by atoms with Crippen molar-refractivity contribution in [3.8, 4) is 5.75 Å². The van der Waals surface area contributed by atoms with Crippen molar-refractivity contribution in [3.05, 3.63) is 83.2 Å². The Balaban J connectivity index is 1.84. The van der Waals surface area contributed by atoms with Crippen LogP contribution in [0.2, 0.25) is 0 Å². The van der Waals surface area contributed by atoms with E-state index in [9.17, 15) is 36.2 Å². The lowest BCUT2D eigenvalue weighted by atomic mass is 10.0. The van der Waals surface area contributed by atoms with Crippen LogP contribution in [0.25, 0.3) is 0 Å². The van der Waals surface area contributed by atoms with Gasteiger partial charge in [-0.25, -0.2) is 14.8 Å². The van der Waals surface area contributed by atoms with Gasteiger partial charge in [-0.15, -0.1) is 0 Å². The highest BCUT2D eigenvalue weighted by Crippen LogP contribution is 2.38. The maximum Gasteiger partial charge on any atom is 0.416 e. The van der Waals surface area contributed by atoms with Gasteiger partial charge in [0.05, 0.1) is 11.1 Å². The van der Waals surface area contributed by atoms with Crippen molar-refractivity contribution in [1.82, 2.24) is 9.97 Å². The van der Waals surface area contributed by atoms with Crippen molar-refractivity contribution in [2.75, 3.05) is 11.4 Å². The number of rotatable bonds is 9. The molecule has 1 N–H and O–H groups in total. The first-order valence-corrected chi connectivity index (χ1v) is 11.0. The Morgan fingerprint density at radius 1 is 0.946 bits per heavy atom. The van der Waals surface area contributed by atoms with E-state index in [1.165, 1.54) is 37.2 Å². The average Bonchev–Trinajstić information content (AvgIpc) is 2.81. The fourth-order valence-electron chi connectivity index (χ4n) is 3.39. The number of carbonyl (C=O) groups is 1. The van der Waals surface area contributed by atoms with Crippen molar-refractivity contribution < 1.29 is 41.0 Å². The molecule has 0 saturated carbocycles. The molecule has 0 saturated heterocycles. The number of carboxylic acids is 1. The Morgan fingerprint density at radius 2 is 1.57 bits per heavy atom. The SMILES string of the molecule is CC(C)(Oc1ccc(CCN(Cc2ccc(C(F)(F)F)cc2C(F)(F)F)c2ncccn2)cc1)C(=O)O. The maximum absolute atomic E-state index is 13.7. The second-order valence-corrected chi connectivity index (χ2v) is 8.65. The number of nitrogens with zero attached hydrogens (tertiary/aromatic N) is 3. The monoisotopic (exact) mass is 527 g/mol. The van der Waals surface area contributed by atoms with Crippen LogP contribution in [-0.2, 0) is 30.1 Å². The van der Waals surface area contributed by atoms with Crippen molar-refractivity contribution in [2.24, 2.45) is 0 Å². The molecule has 1 heterocycles. The highest BCUT2D eigenvalue weighted by molar-refractivity contribution is 5.76. The largest absolute Gasteiger partial charge is 0.478 e. The highest BCUT2D eigenvalue weighted by Gasteiger charge is 2.38. The lowest BCUT2D eigenvalue weighted by molar-refractivity contribution is -0.152. The minimum Gasteiger partial charge on any atom is -0.478 e. The third-order valence-electron chi connectivity index (χ3n) is 5.42. The van der Waals surface area contributed by atoms with Gasteiger partial charge in [-0.3, -0.25) is 0 Å². The molecule has 0 atom stereocenters. The van der Waals surface area contributed by atoms with E-state index >= 15 is 0 Å². The van der Waals surface area contributed by atoms with E-state index in [4.69, 9.17) is 4.74 Å². The zero-order valence-corrected chi connectivity index (χ0v) is 19.8. The fraction of sp³-hybridized carbons (Fsp3) is 0.320. The third kappa shape index (κ3) is 7.34. The van der Waals surface area contributed by atoms with Crippen LogP contribution < -0.4 is 9.64 Å². The number of halogens is 6. The molecule has 3 rings (SSSR count). The maximum atomic E-state index is 13.7. The van der Waals surface area contributed by atoms with Crippen LogP contribution in [0, 0.1) is 0 Å². The topological polar surface area (TPSA) is 75.5 Å². The average molecular weight is 527 g/mol. The third-order valence-corrected chi connectivity index (χ3v) is 5.42. The van der Waals surface area contributed by atoms with Crippen molar-refractivity contribution in [1.29, 1.82) is 0 Å². The van der Waals surface area contributed by atoms with Crippen LogP contribution in [0.4, 0.5) is 32.3 Å². The van der Waals surface area contributed by atoms with Gasteiger partial charge in [0.1, 0.15) is 5.75 Å². The molecule has 0 aliphatic rings. The molecule has 3 aromatic rings. The van der Waals surface area contributed by atoms with E-state index in [0.717, 1.165) is 11.6 Å². The number of anilines is 1. The second-order valence-electron chi connectivity index (χ2n) is 8.65. The second kappa shape index (κ2) is 10.7. The summed E-state index contributed by atoms with van der Waals surface area (Å²) in [7, 11) is 0. The highest BCUT2D eigenvalue weighted by atomic mass is 19.4. The quantitative estimate of drug-likeness (QED) is 0.344. The number of aliphatic carboxylic acids is 1. The molecule has 2 aromatic carbocycles. The molecule has 0 fully saturated rings. The van der Waals surface area contributed by atoms with Gasteiger partial charge in [-0.05, 0) is 61.7 Å². The molecule has 12 heteroatoms. The molecule has 0 bridgehead atoms. The van der Waals surface area contributed by atoms with Crippen LogP contribution in [0.15, 0.2) is 60.9 Å². The van der Waals surface area contributed by atoms with Crippen LogP contribution in [0.3, 0.4) is 0 Å². The van der Waals surface area contributed by atoms with E-state index in [2.05, 4.69) is 9.97 Å². The number of carboxylic acid groups (broad SMARTS) is 1. The lowest BCUT2D eigenvalue weighted by Crippen LogP contribution is -2.37. The molecular formula is C25H23F6N3O3. The minimum atomic E-state index is -5.00. The molecule has 0 amide bonds. The first-order chi connectivity index (χ1) is 17.2. The summed E-state index contributed by atoms with van der Waals surface area (Å²) in [6, 6.07) is 9.56. The molecule has 37 heavy (non-hydrogen) atoms. The van der Waals surface area contributed by atoms with Crippen molar-refractivity contribution in [2.45, 2.75) is 44.8 Å². The molecule has 0 spiro atoms. The molecule has 1 aromatic heterocycles. The van der Waals surface area contributed by atoms with Crippen LogP contribution >= 0.6 is 0 Å². The minimum absolute atomic E-state index is 0.108. The summed E-state index contributed by atoms with van der Waals surface area (Å²) < 4.78 is 85.6. The summed E-state index contributed by atoms with van der Waals surface area (Å²) in [5, 5.41) is 9.19. The summed E-state index contributed by atoms with van der Waals surface area (Å²) in [6.45, 7) is 2.56. The zero-order valence-electron chi connectivity index (χ0n) is 19.8. The first kappa shape index (κ1) is 27.8. The standard InChI is InChI=1S/C25H23F6N3O3/c1-23(2,21(35)36)37-19-8-4-16(5-9-19)10-13-34(22-32-11-3-12-33-22)15-17-6-7-18(24(26,27)28)14-20(17)25(29,30)31/h3-9,11-12,14H,10,13,15H2,1-2H3,(H,35,36). The summed E-state index contributed by atoms with van der Waals surface area (Å²) in [4.78, 5) is 20.9. The van der Waals surface area contributed by atoms with Gasteiger partial charge in [0.2, 0.25) is 5.95 Å². The predicted octanol–water partition coefficient (Wildman–Crippen LogP) is 6.01. The first-order valence-electron chi connectivity index (χ1n) is 11.0. The summed E-state index contributed by atoms with van der Waals surface area (Å²) in [6.07, 6.45) is -6.79. The number of benzene rings is 2. The predicted molar refractivity (Wildman–Crippen MR) is 122 cm³/mol. The number of hydrogen-bond donors (Lipinski definition) is 1. The van der Waals surface area contributed by atoms with Gasteiger partial charge in [-0.1, -0.05) is 18.2 Å². The number of ether oxygens (including phenoxy) is 1. The summed E-state index contributed by atoms with van der Waals surface area (Å²) >= 11 is 0. The van der Waals surface area contributed by atoms with Crippen molar-refractivity contribution >= 4 is 11.9 Å². The lowest BCUT2D eigenvalue weighted by Gasteiger charge is -2.25. The fourth-order valence-corrected chi connectivity index (χ4v) is 3.39. The van der Waals surface area contributed by atoms with Crippen LogP contribution in [0.1, 0.15) is 36.1 Å². The van der Waals surface area contributed by atoms with Crippen LogP contribution in [0.5, 0.6) is 5.75 Å². The van der Waals surface area contributed by atoms with E-state index < -0.39 is 35.0 Å². The number of aromatic nitrogens is 2. The smallest absolute Gasteiger partial charge is 0.416 e. The Morgan fingerprint density at radius 3 is 2.11 bits per heavy atom. The summed E-state index contributed by atoms with van der Waals surface area (Å²) in [5.41, 5.74) is -3.82. The normalized spacial score (nSPS) is 12.3. The van der Waals surface area contributed by atoms with Gasteiger partial charge in [0, 0.05) is 25.5 Å². The van der Waals surface area contributed by atoms with E-state index in [0.29, 0.717) is 18.2 Å². The van der Waals surface area contributed by atoms with Gasteiger partial charge in [0.25, 0.3) is 0 Å². The van der Waals surface area contributed by atoms with Gasteiger partial charge in [-0.2, -0.15) is 26.3 Å². The van der Waals surface area contributed by atoms with E-state index in [1.807, 2.05) is 0 Å². The Hall–Kier alpha value is -3.83. The van der Waals surface area contributed by atoms with E-state index in [1.54, 1.807) is 24.3 Å². The van der Waals surface area contributed by atoms with Crippen LogP contribution in [-0.4, -0.2) is 33.2 Å². The Labute approximate surface area is 208 Å². The Bertz CT molecular complexity index is 1210. The van der Waals surface area contributed by atoms with Crippen molar-refractivity contribution in [3.63, 3.8) is 0 Å². The molecule has 0 aliphatic heterocycles. The number of hydrogen-bond acceptors (Lipinski definition) is 5. The molecule has 0 aliphatic carbocycles. The molecule has 198 valence electrons. The number of alkyl halides is 6. The Kier molecular flexibility index (Phi) is 7.99. The molecule has 0 radical (unpaired) electrons. The van der Waals surface area contributed by atoms with Gasteiger partial charge >= 0.3 is 18.3 Å². The molecular weight excluding hydrogens is 504 g/mol. The molecule has 0 unspecified atom stereocenters. The zero-order chi connectivity index (χ0) is 27.4. The van der Waals surface area contributed by atoms with Gasteiger partial charge in [0.15, 0.2) is 5.60 Å².